The summed E-state index contributed by atoms with van der Waals surface area (Å²) in [5.41, 5.74) is 7.90. The van der Waals surface area contributed by atoms with Gasteiger partial charge in [-0.3, -0.25) is 4.79 Å². The SMILES string of the molecule is C=CC1=C(C(C)C(C)C)C[C@@]2(C)CCC[C@@](C)(C(=O)OC)C2Cc2c3c(n(CCCCC(CCO)CCO)c21)C=CCC3. The maximum absolute atomic E-state index is 13.6. The Morgan fingerprint density at radius 3 is 2.47 bits per heavy atom. The molecule has 2 unspecified atom stereocenters. The molecular formula is C38H59NO4. The second kappa shape index (κ2) is 14.3. The van der Waals surface area contributed by atoms with Crippen molar-refractivity contribution in [1.29, 1.82) is 0 Å². The smallest absolute Gasteiger partial charge is 0.311 e. The first-order valence-electron chi connectivity index (χ1n) is 17.1. The number of unbranched alkanes of at least 4 members (excludes halogenated alkanes) is 1. The maximum Gasteiger partial charge on any atom is 0.311 e. The van der Waals surface area contributed by atoms with Gasteiger partial charge in [0.2, 0.25) is 0 Å². The van der Waals surface area contributed by atoms with Crippen LogP contribution in [0.3, 0.4) is 0 Å². The zero-order valence-electron chi connectivity index (χ0n) is 28.0. The number of ether oxygens (including phenoxy) is 1. The van der Waals surface area contributed by atoms with Crippen LogP contribution in [-0.4, -0.2) is 41.1 Å². The molecule has 5 heteroatoms. The van der Waals surface area contributed by atoms with E-state index in [0.29, 0.717) is 17.8 Å². The van der Waals surface area contributed by atoms with Crippen LogP contribution in [0, 0.1) is 34.5 Å². The minimum atomic E-state index is -0.509. The fourth-order valence-electron chi connectivity index (χ4n) is 8.96. The number of allylic oxidation sites excluding steroid dienone is 4. The van der Waals surface area contributed by atoms with E-state index < -0.39 is 5.41 Å². The van der Waals surface area contributed by atoms with E-state index in [1.165, 1.54) is 33.7 Å². The highest BCUT2D eigenvalue weighted by Crippen LogP contribution is 2.59. The Kier molecular flexibility index (Phi) is 11.3. The molecule has 1 heterocycles. The average Bonchev–Trinajstić information content (AvgIpc) is 3.28. The summed E-state index contributed by atoms with van der Waals surface area (Å²) in [7, 11) is 1.56. The van der Waals surface area contributed by atoms with Crippen LogP contribution in [0.25, 0.3) is 11.6 Å². The lowest BCUT2D eigenvalue weighted by Crippen LogP contribution is -2.50. The molecule has 0 spiro atoms. The number of fused-ring (bicyclic) bond motifs is 4. The first-order chi connectivity index (χ1) is 20.6. The van der Waals surface area contributed by atoms with Gasteiger partial charge in [-0.1, -0.05) is 71.3 Å². The highest BCUT2D eigenvalue weighted by molar-refractivity contribution is 5.81. The summed E-state index contributed by atoms with van der Waals surface area (Å²) in [6.45, 7) is 17.4. The topological polar surface area (TPSA) is 71.7 Å². The summed E-state index contributed by atoms with van der Waals surface area (Å²) in [5.74, 6) is 1.42. The van der Waals surface area contributed by atoms with Crippen LogP contribution in [0.5, 0.6) is 0 Å². The number of hydrogen-bond acceptors (Lipinski definition) is 4. The summed E-state index contributed by atoms with van der Waals surface area (Å²) in [5, 5.41) is 19.0. The van der Waals surface area contributed by atoms with Crippen LogP contribution in [0.15, 0.2) is 24.3 Å². The fourth-order valence-corrected chi connectivity index (χ4v) is 8.96. The van der Waals surface area contributed by atoms with Gasteiger partial charge in [-0.2, -0.15) is 0 Å². The maximum atomic E-state index is 13.6. The van der Waals surface area contributed by atoms with E-state index in [9.17, 15) is 15.0 Å². The molecule has 1 aromatic heterocycles. The average molecular weight is 594 g/mol. The van der Waals surface area contributed by atoms with Crippen LogP contribution < -0.4 is 0 Å². The highest BCUT2D eigenvalue weighted by Gasteiger charge is 2.55. The first-order valence-corrected chi connectivity index (χ1v) is 17.1. The molecule has 4 rings (SSSR count). The van der Waals surface area contributed by atoms with Gasteiger partial charge in [0.25, 0.3) is 0 Å². The van der Waals surface area contributed by atoms with E-state index in [2.05, 4.69) is 64.0 Å². The highest BCUT2D eigenvalue weighted by atomic mass is 16.5. The van der Waals surface area contributed by atoms with Crippen molar-refractivity contribution in [3.05, 3.63) is 46.8 Å². The Morgan fingerprint density at radius 2 is 1.84 bits per heavy atom. The Bertz CT molecular complexity index is 1200. The molecule has 0 aliphatic heterocycles. The normalized spacial score (nSPS) is 26.0. The van der Waals surface area contributed by atoms with Crippen molar-refractivity contribution in [1.82, 2.24) is 4.57 Å². The van der Waals surface area contributed by atoms with Crippen molar-refractivity contribution < 1.29 is 19.7 Å². The molecule has 1 saturated carbocycles. The summed E-state index contributed by atoms with van der Waals surface area (Å²) in [6.07, 6.45) is 18.5. The summed E-state index contributed by atoms with van der Waals surface area (Å²) in [6, 6.07) is 0. The van der Waals surface area contributed by atoms with E-state index in [-0.39, 0.29) is 30.5 Å². The van der Waals surface area contributed by atoms with Crippen molar-refractivity contribution in [3.8, 4) is 0 Å². The van der Waals surface area contributed by atoms with Gasteiger partial charge in [0.05, 0.1) is 18.2 Å². The lowest BCUT2D eigenvalue weighted by molar-refractivity contribution is -0.163. The van der Waals surface area contributed by atoms with E-state index in [0.717, 1.165) is 83.6 Å². The molecule has 240 valence electrons. The lowest BCUT2D eigenvalue weighted by atomic mass is 9.51. The van der Waals surface area contributed by atoms with E-state index in [4.69, 9.17) is 4.74 Å². The van der Waals surface area contributed by atoms with Crippen molar-refractivity contribution in [2.45, 2.75) is 118 Å². The van der Waals surface area contributed by atoms with Crippen LogP contribution in [0.2, 0.25) is 0 Å². The zero-order chi connectivity index (χ0) is 31.4. The van der Waals surface area contributed by atoms with Crippen LogP contribution >= 0.6 is 0 Å². The predicted octanol–water partition coefficient (Wildman–Crippen LogP) is 8.16. The number of aliphatic hydroxyl groups excluding tert-OH is 2. The van der Waals surface area contributed by atoms with Crippen LogP contribution in [0.4, 0.5) is 0 Å². The molecular weight excluding hydrogens is 534 g/mol. The number of nitrogens with zero attached hydrogens (tertiary/aromatic N) is 1. The summed E-state index contributed by atoms with van der Waals surface area (Å²) >= 11 is 0. The second-order valence-electron chi connectivity index (χ2n) is 14.7. The van der Waals surface area contributed by atoms with Crippen LogP contribution in [0.1, 0.15) is 121 Å². The van der Waals surface area contributed by atoms with Crippen LogP contribution in [-0.2, 0) is 28.9 Å². The number of carbonyl (C=O) groups excluding carboxylic acids is 1. The largest absolute Gasteiger partial charge is 0.469 e. The van der Waals surface area contributed by atoms with Gasteiger partial charge < -0.3 is 19.5 Å². The number of rotatable bonds is 13. The fraction of sp³-hybridized carbons (Fsp3) is 0.711. The number of hydrogen-bond donors (Lipinski definition) is 2. The predicted molar refractivity (Wildman–Crippen MR) is 178 cm³/mol. The van der Waals surface area contributed by atoms with Gasteiger partial charge in [-0.25, -0.2) is 0 Å². The second-order valence-corrected chi connectivity index (χ2v) is 14.7. The molecule has 1 fully saturated rings. The number of aliphatic hydroxyl groups is 2. The van der Waals surface area contributed by atoms with E-state index in [1.807, 2.05) is 0 Å². The monoisotopic (exact) mass is 593 g/mol. The molecule has 0 saturated heterocycles. The van der Waals surface area contributed by atoms with Gasteiger partial charge in [0.1, 0.15) is 0 Å². The van der Waals surface area contributed by atoms with Gasteiger partial charge in [0, 0.05) is 25.5 Å². The van der Waals surface area contributed by atoms with Crippen molar-refractivity contribution in [2.75, 3.05) is 20.3 Å². The number of carbonyl (C=O) groups is 1. The van der Waals surface area contributed by atoms with Gasteiger partial charge >= 0.3 is 5.97 Å². The Hall–Kier alpha value is -2.11. The molecule has 4 atom stereocenters. The van der Waals surface area contributed by atoms with Crippen molar-refractivity contribution in [2.24, 2.45) is 34.5 Å². The summed E-state index contributed by atoms with van der Waals surface area (Å²) < 4.78 is 8.12. The Morgan fingerprint density at radius 1 is 1.12 bits per heavy atom. The Balaban J connectivity index is 1.87. The van der Waals surface area contributed by atoms with Gasteiger partial charge in [0.15, 0.2) is 0 Å². The molecule has 0 radical (unpaired) electrons. The molecule has 43 heavy (non-hydrogen) atoms. The van der Waals surface area contributed by atoms with Gasteiger partial charge in [-0.15, -0.1) is 0 Å². The van der Waals surface area contributed by atoms with Gasteiger partial charge in [-0.05, 0) is 117 Å². The molecule has 5 nitrogen and oxygen atoms in total. The molecule has 2 N–H and O–H groups in total. The molecule has 0 bridgehead atoms. The van der Waals surface area contributed by atoms with Crippen molar-refractivity contribution >= 4 is 17.6 Å². The summed E-state index contributed by atoms with van der Waals surface area (Å²) in [4.78, 5) is 13.6. The minimum Gasteiger partial charge on any atom is -0.469 e. The third-order valence-corrected chi connectivity index (χ3v) is 11.7. The first kappa shape index (κ1) is 33.8. The molecule has 3 aliphatic rings. The van der Waals surface area contributed by atoms with E-state index in [1.54, 1.807) is 7.11 Å². The number of methoxy groups -OCH3 is 1. The number of aromatic nitrogens is 1. The molecule has 0 aromatic carbocycles. The zero-order valence-corrected chi connectivity index (χ0v) is 28.0. The minimum absolute atomic E-state index is 0.000459. The third kappa shape index (κ3) is 6.64. The third-order valence-electron chi connectivity index (χ3n) is 11.7. The molecule has 3 aliphatic carbocycles. The Labute approximate surface area is 261 Å². The lowest BCUT2D eigenvalue weighted by Gasteiger charge is -2.52. The van der Waals surface area contributed by atoms with Crippen molar-refractivity contribution in [3.63, 3.8) is 0 Å². The number of esters is 1. The molecule has 1 aromatic rings. The quantitative estimate of drug-likeness (QED) is 0.179. The molecule has 0 amide bonds. The standard InChI is InChI=1S/C38H59NO4/c1-8-29-32(27(4)26(2)3)25-37(5)19-13-20-38(6,36(42)43-7)34(37)24-31-30-15-9-10-16-33(30)39(35(29)31)21-12-11-14-28(17-22-40)18-23-41/h8,10,16,26-28,34,40-41H,1,9,11-15,17-25H2,2-7H3/t27?,34?,37-,38-/m1/s1. The van der Waals surface area contributed by atoms with E-state index >= 15 is 0 Å².